The first-order valence-corrected chi connectivity index (χ1v) is 7.89. The molecule has 21 heavy (non-hydrogen) atoms. The summed E-state index contributed by atoms with van der Waals surface area (Å²) in [4.78, 5) is 14.2. The van der Waals surface area contributed by atoms with Gasteiger partial charge in [0.15, 0.2) is 0 Å². The largest absolute Gasteiger partial charge is 0.494 e. The highest BCUT2D eigenvalue weighted by atomic mass is 16.5. The highest BCUT2D eigenvalue weighted by molar-refractivity contribution is 5.76. The number of carbonyl (C=O) groups is 1. The zero-order valence-corrected chi connectivity index (χ0v) is 12.5. The maximum Gasteiger partial charge on any atom is 0.223 e. The number of ether oxygens (including phenoxy) is 1. The Bertz CT molecular complexity index is 415. The van der Waals surface area contributed by atoms with Crippen molar-refractivity contribution in [3.8, 4) is 5.75 Å². The Kier molecular flexibility index (Phi) is 6.54. The lowest BCUT2D eigenvalue weighted by atomic mass is 10.2. The Morgan fingerprint density at radius 3 is 2.62 bits per heavy atom. The van der Waals surface area contributed by atoms with E-state index >= 15 is 0 Å². The number of carbonyl (C=O) groups excluding carboxylic acids is 1. The third-order valence-electron chi connectivity index (χ3n) is 3.97. The van der Waals surface area contributed by atoms with Crippen LogP contribution in [0.25, 0.3) is 0 Å². The fourth-order valence-electron chi connectivity index (χ4n) is 2.91. The van der Waals surface area contributed by atoms with Gasteiger partial charge in [-0.15, -0.1) is 0 Å². The number of rotatable bonds is 8. The molecule has 0 spiro atoms. The van der Waals surface area contributed by atoms with Crippen molar-refractivity contribution in [3.63, 3.8) is 0 Å². The molecule has 0 radical (unpaired) electrons. The van der Waals surface area contributed by atoms with E-state index in [1.54, 1.807) is 0 Å². The van der Waals surface area contributed by atoms with Gasteiger partial charge in [0.2, 0.25) is 5.91 Å². The molecule has 1 aromatic carbocycles. The number of para-hydroxylation sites is 1. The molecule has 4 nitrogen and oxygen atoms in total. The molecule has 116 valence electrons. The first kappa shape index (κ1) is 15.8. The smallest absolute Gasteiger partial charge is 0.223 e. The normalized spacial score (nSPS) is 15.1. The molecule has 0 atom stereocenters. The van der Waals surface area contributed by atoms with Crippen LogP contribution in [-0.4, -0.2) is 41.7 Å². The highest BCUT2D eigenvalue weighted by Crippen LogP contribution is 2.24. The van der Waals surface area contributed by atoms with Crippen molar-refractivity contribution in [2.75, 3.05) is 19.8 Å². The van der Waals surface area contributed by atoms with Gasteiger partial charge in [0.05, 0.1) is 13.2 Å². The average molecular weight is 291 g/mol. The van der Waals surface area contributed by atoms with Crippen molar-refractivity contribution in [1.29, 1.82) is 0 Å². The van der Waals surface area contributed by atoms with Gasteiger partial charge in [-0.05, 0) is 31.4 Å². The average Bonchev–Trinajstić information content (AvgIpc) is 3.04. The van der Waals surface area contributed by atoms with Crippen LogP contribution in [0.1, 0.15) is 38.5 Å². The van der Waals surface area contributed by atoms with Gasteiger partial charge in [0.1, 0.15) is 5.75 Å². The molecule has 0 saturated heterocycles. The zero-order valence-electron chi connectivity index (χ0n) is 12.5. The van der Waals surface area contributed by atoms with E-state index in [1.165, 1.54) is 12.8 Å². The van der Waals surface area contributed by atoms with E-state index in [9.17, 15) is 4.79 Å². The predicted octanol–water partition coefficient (Wildman–Crippen LogP) is 2.61. The lowest BCUT2D eigenvalue weighted by molar-refractivity contribution is -0.134. The third-order valence-corrected chi connectivity index (χ3v) is 3.97. The van der Waals surface area contributed by atoms with E-state index in [1.807, 2.05) is 35.2 Å². The first-order chi connectivity index (χ1) is 10.3. The van der Waals surface area contributed by atoms with Crippen molar-refractivity contribution < 1.29 is 14.6 Å². The van der Waals surface area contributed by atoms with Crippen LogP contribution in [0.15, 0.2) is 30.3 Å². The summed E-state index contributed by atoms with van der Waals surface area (Å²) in [6.45, 7) is 1.05. The third kappa shape index (κ3) is 5.05. The second-order valence-corrected chi connectivity index (χ2v) is 5.51. The van der Waals surface area contributed by atoms with Crippen molar-refractivity contribution in [2.45, 2.75) is 44.6 Å². The molecule has 1 amide bonds. The van der Waals surface area contributed by atoms with Crippen LogP contribution in [0.2, 0.25) is 0 Å². The number of hydrogen-bond donors (Lipinski definition) is 1. The summed E-state index contributed by atoms with van der Waals surface area (Å²) < 4.78 is 5.60. The van der Waals surface area contributed by atoms with Gasteiger partial charge in [0, 0.05) is 19.0 Å². The van der Waals surface area contributed by atoms with E-state index in [0.29, 0.717) is 32.0 Å². The van der Waals surface area contributed by atoms with Gasteiger partial charge in [-0.3, -0.25) is 4.79 Å². The summed E-state index contributed by atoms with van der Waals surface area (Å²) in [6.07, 6.45) is 5.73. The molecule has 1 aliphatic rings. The molecular weight excluding hydrogens is 266 g/mol. The summed E-state index contributed by atoms with van der Waals surface area (Å²) in [7, 11) is 0. The minimum absolute atomic E-state index is 0.0444. The molecule has 0 aromatic heterocycles. The van der Waals surface area contributed by atoms with Crippen molar-refractivity contribution in [1.82, 2.24) is 4.90 Å². The number of hydrogen-bond acceptors (Lipinski definition) is 3. The SMILES string of the molecule is O=C(CCCOc1ccccc1)N(CCO)C1CCCC1. The predicted molar refractivity (Wildman–Crippen MR) is 82.2 cm³/mol. The van der Waals surface area contributed by atoms with Gasteiger partial charge in [-0.1, -0.05) is 31.0 Å². The Hall–Kier alpha value is -1.55. The minimum atomic E-state index is 0.0444. The van der Waals surface area contributed by atoms with E-state index in [2.05, 4.69) is 0 Å². The maximum absolute atomic E-state index is 12.3. The Morgan fingerprint density at radius 2 is 1.95 bits per heavy atom. The maximum atomic E-state index is 12.3. The van der Waals surface area contributed by atoms with E-state index < -0.39 is 0 Å². The first-order valence-electron chi connectivity index (χ1n) is 7.89. The summed E-state index contributed by atoms with van der Waals surface area (Å²) >= 11 is 0. The van der Waals surface area contributed by atoms with Gasteiger partial charge < -0.3 is 14.7 Å². The van der Waals surface area contributed by atoms with Crippen LogP contribution in [0, 0.1) is 0 Å². The molecule has 1 fully saturated rings. The molecule has 1 aromatic rings. The second-order valence-electron chi connectivity index (χ2n) is 5.51. The van der Waals surface area contributed by atoms with Gasteiger partial charge in [-0.25, -0.2) is 0 Å². The van der Waals surface area contributed by atoms with E-state index in [4.69, 9.17) is 9.84 Å². The van der Waals surface area contributed by atoms with Crippen molar-refractivity contribution >= 4 is 5.91 Å². The number of benzene rings is 1. The van der Waals surface area contributed by atoms with Crippen LogP contribution >= 0.6 is 0 Å². The number of amides is 1. The molecule has 0 heterocycles. The summed E-state index contributed by atoms with van der Waals surface area (Å²) in [5, 5.41) is 9.15. The summed E-state index contributed by atoms with van der Waals surface area (Å²) in [5.41, 5.74) is 0. The minimum Gasteiger partial charge on any atom is -0.494 e. The summed E-state index contributed by atoms with van der Waals surface area (Å²) in [6, 6.07) is 9.98. The molecule has 1 aliphatic carbocycles. The molecule has 0 bridgehead atoms. The van der Waals surface area contributed by atoms with Crippen molar-refractivity contribution in [3.05, 3.63) is 30.3 Å². The molecular formula is C17H25NO3. The van der Waals surface area contributed by atoms with Gasteiger partial charge in [-0.2, -0.15) is 0 Å². The highest BCUT2D eigenvalue weighted by Gasteiger charge is 2.25. The zero-order chi connectivity index (χ0) is 14.9. The molecule has 0 unspecified atom stereocenters. The van der Waals surface area contributed by atoms with E-state index in [-0.39, 0.29) is 12.5 Å². The summed E-state index contributed by atoms with van der Waals surface area (Å²) in [5.74, 6) is 0.987. The molecule has 1 saturated carbocycles. The quantitative estimate of drug-likeness (QED) is 0.749. The Morgan fingerprint density at radius 1 is 1.24 bits per heavy atom. The van der Waals surface area contributed by atoms with Crippen LogP contribution < -0.4 is 4.74 Å². The van der Waals surface area contributed by atoms with Crippen molar-refractivity contribution in [2.24, 2.45) is 0 Å². The number of aliphatic hydroxyl groups excluding tert-OH is 1. The van der Waals surface area contributed by atoms with E-state index in [0.717, 1.165) is 18.6 Å². The molecule has 1 N–H and O–H groups in total. The molecule has 4 heteroatoms. The monoisotopic (exact) mass is 291 g/mol. The topological polar surface area (TPSA) is 49.8 Å². The van der Waals surface area contributed by atoms with Crippen LogP contribution in [0.3, 0.4) is 0 Å². The molecule has 0 aliphatic heterocycles. The Balaban J connectivity index is 1.71. The van der Waals surface area contributed by atoms with Crippen LogP contribution in [0.5, 0.6) is 5.75 Å². The lowest BCUT2D eigenvalue weighted by Gasteiger charge is -2.28. The fourth-order valence-corrected chi connectivity index (χ4v) is 2.91. The standard InChI is InChI=1S/C17H25NO3/c19-13-12-18(15-7-4-5-8-15)17(20)11-6-14-21-16-9-2-1-3-10-16/h1-3,9-10,15,19H,4-8,11-14H2. The van der Waals surface area contributed by atoms with Crippen LogP contribution in [-0.2, 0) is 4.79 Å². The van der Waals surface area contributed by atoms with Crippen LogP contribution in [0.4, 0.5) is 0 Å². The second kappa shape index (κ2) is 8.67. The number of aliphatic hydroxyl groups is 1. The Labute approximate surface area is 126 Å². The molecule has 2 rings (SSSR count). The number of nitrogens with zero attached hydrogens (tertiary/aromatic N) is 1. The fraction of sp³-hybridized carbons (Fsp3) is 0.588. The van der Waals surface area contributed by atoms with Gasteiger partial charge in [0.25, 0.3) is 0 Å². The lowest BCUT2D eigenvalue weighted by Crippen LogP contribution is -2.40. The van der Waals surface area contributed by atoms with Gasteiger partial charge >= 0.3 is 0 Å².